The number of rotatable bonds is 1. The lowest BCUT2D eigenvalue weighted by Crippen LogP contribution is -2.50. The van der Waals surface area contributed by atoms with Gasteiger partial charge in [-0.3, -0.25) is 9.59 Å². The van der Waals surface area contributed by atoms with Crippen molar-refractivity contribution in [1.29, 1.82) is 0 Å². The van der Waals surface area contributed by atoms with Gasteiger partial charge in [-0.05, 0) is 18.4 Å². The van der Waals surface area contributed by atoms with Gasteiger partial charge < -0.3 is 15.2 Å². The number of nitrogens with two attached hydrogens (primary N) is 1. The number of aromatic nitrogens is 1. The molecule has 2 atom stereocenters. The molecule has 1 aromatic heterocycles. The fraction of sp³-hybridized carbons (Fsp3) is 0.538. The summed E-state index contributed by atoms with van der Waals surface area (Å²) in [6, 6.07) is 5.41. The Balaban J connectivity index is 1.95. The van der Waals surface area contributed by atoms with E-state index >= 15 is 0 Å². The summed E-state index contributed by atoms with van der Waals surface area (Å²) in [5.41, 5.74) is 6.56. The quantitative estimate of drug-likeness (QED) is 0.744. The summed E-state index contributed by atoms with van der Waals surface area (Å²) in [7, 11) is 0. The van der Waals surface area contributed by atoms with Gasteiger partial charge in [0.05, 0.1) is 6.54 Å². The van der Waals surface area contributed by atoms with Crippen LogP contribution in [0.15, 0.2) is 23.0 Å². The zero-order chi connectivity index (χ0) is 12.7. The molecule has 2 N–H and O–H groups in total. The van der Waals surface area contributed by atoms with Gasteiger partial charge in [-0.25, -0.2) is 0 Å². The van der Waals surface area contributed by atoms with E-state index in [0.29, 0.717) is 12.5 Å². The highest BCUT2D eigenvalue weighted by Crippen LogP contribution is 2.34. The Morgan fingerprint density at radius 3 is 2.94 bits per heavy atom. The third kappa shape index (κ3) is 1.75. The molecule has 1 fully saturated rings. The number of carbonyl (C=O) groups is 1. The van der Waals surface area contributed by atoms with Crippen LogP contribution >= 0.6 is 0 Å². The molecule has 2 aliphatic heterocycles. The van der Waals surface area contributed by atoms with Crippen LogP contribution in [0.4, 0.5) is 0 Å². The Kier molecular flexibility index (Phi) is 2.70. The molecule has 0 spiro atoms. The summed E-state index contributed by atoms with van der Waals surface area (Å²) < 4.78 is 1.86. The van der Waals surface area contributed by atoms with Gasteiger partial charge in [0.15, 0.2) is 0 Å². The Morgan fingerprint density at radius 1 is 1.33 bits per heavy atom. The third-order valence-electron chi connectivity index (χ3n) is 4.01. The fourth-order valence-electron chi connectivity index (χ4n) is 3.23. The van der Waals surface area contributed by atoms with Crippen molar-refractivity contribution in [1.82, 2.24) is 9.47 Å². The standard InChI is InChI=1S/C13H17N3O2/c14-5-13(18)15-6-9-4-10(8-15)11-2-1-3-12(17)16(11)7-9/h1-3,9-10H,4-8,14H2/t9-,10-/m0/s1. The van der Waals surface area contributed by atoms with E-state index in [9.17, 15) is 9.59 Å². The Bertz CT molecular complexity index is 537. The molecule has 0 radical (unpaired) electrons. The van der Waals surface area contributed by atoms with Gasteiger partial charge in [-0.15, -0.1) is 0 Å². The van der Waals surface area contributed by atoms with Gasteiger partial charge in [-0.1, -0.05) is 6.07 Å². The number of nitrogens with zero attached hydrogens (tertiary/aromatic N) is 2. The summed E-state index contributed by atoms with van der Waals surface area (Å²) >= 11 is 0. The van der Waals surface area contributed by atoms with Crippen molar-refractivity contribution >= 4 is 5.91 Å². The molecule has 0 aliphatic carbocycles. The molecule has 5 nitrogen and oxygen atoms in total. The van der Waals surface area contributed by atoms with Crippen LogP contribution in [0.2, 0.25) is 0 Å². The number of hydrogen-bond acceptors (Lipinski definition) is 3. The van der Waals surface area contributed by atoms with Crippen LogP contribution in [0.1, 0.15) is 18.0 Å². The molecule has 0 saturated carbocycles. The monoisotopic (exact) mass is 247 g/mol. The molecule has 0 unspecified atom stereocenters. The Labute approximate surface area is 105 Å². The molecule has 2 aliphatic rings. The summed E-state index contributed by atoms with van der Waals surface area (Å²) in [5, 5.41) is 0. The molecule has 1 aromatic rings. The first kappa shape index (κ1) is 11.5. The smallest absolute Gasteiger partial charge is 0.250 e. The molecule has 2 bridgehead atoms. The maximum absolute atomic E-state index is 11.8. The maximum atomic E-state index is 11.8. The third-order valence-corrected chi connectivity index (χ3v) is 4.01. The number of fused-ring (bicyclic) bond motifs is 4. The number of hydrogen-bond donors (Lipinski definition) is 1. The molecule has 3 heterocycles. The highest BCUT2D eigenvalue weighted by Gasteiger charge is 2.35. The van der Waals surface area contributed by atoms with Gasteiger partial charge in [-0.2, -0.15) is 0 Å². The number of amides is 1. The van der Waals surface area contributed by atoms with E-state index in [2.05, 4.69) is 0 Å². The van der Waals surface area contributed by atoms with Crippen LogP contribution in [0.3, 0.4) is 0 Å². The second-order valence-electron chi connectivity index (χ2n) is 5.20. The molecule has 1 saturated heterocycles. The normalized spacial score (nSPS) is 25.7. The first-order valence-corrected chi connectivity index (χ1v) is 6.36. The maximum Gasteiger partial charge on any atom is 0.250 e. The van der Waals surface area contributed by atoms with E-state index in [0.717, 1.165) is 25.2 Å². The van der Waals surface area contributed by atoms with E-state index < -0.39 is 0 Å². The van der Waals surface area contributed by atoms with Crippen molar-refractivity contribution in [3.05, 3.63) is 34.2 Å². The molecule has 18 heavy (non-hydrogen) atoms. The number of pyridine rings is 1. The first-order valence-electron chi connectivity index (χ1n) is 6.36. The summed E-state index contributed by atoms with van der Waals surface area (Å²) in [6.07, 6.45) is 1.07. The topological polar surface area (TPSA) is 68.3 Å². The molecule has 96 valence electrons. The summed E-state index contributed by atoms with van der Waals surface area (Å²) in [5.74, 6) is 0.671. The van der Waals surface area contributed by atoms with E-state index in [4.69, 9.17) is 5.73 Å². The highest BCUT2D eigenvalue weighted by molar-refractivity contribution is 5.78. The first-order chi connectivity index (χ1) is 8.69. The van der Waals surface area contributed by atoms with Gasteiger partial charge in [0, 0.05) is 37.3 Å². The van der Waals surface area contributed by atoms with Crippen molar-refractivity contribution in [3.63, 3.8) is 0 Å². The molecule has 1 amide bonds. The second-order valence-corrected chi connectivity index (χ2v) is 5.20. The van der Waals surface area contributed by atoms with Gasteiger partial charge in [0.25, 0.3) is 5.56 Å². The van der Waals surface area contributed by atoms with E-state index in [1.807, 2.05) is 15.5 Å². The Morgan fingerprint density at radius 2 is 2.17 bits per heavy atom. The average molecular weight is 247 g/mol. The fourth-order valence-corrected chi connectivity index (χ4v) is 3.23. The summed E-state index contributed by atoms with van der Waals surface area (Å²) in [4.78, 5) is 25.4. The molecule has 5 heteroatoms. The zero-order valence-electron chi connectivity index (χ0n) is 10.2. The van der Waals surface area contributed by atoms with Crippen molar-refractivity contribution < 1.29 is 4.79 Å². The minimum atomic E-state index is 0.0106. The lowest BCUT2D eigenvalue weighted by Gasteiger charge is -2.42. The minimum Gasteiger partial charge on any atom is -0.341 e. The minimum absolute atomic E-state index is 0.0106. The van der Waals surface area contributed by atoms with Gasteiger partial charge in [0.1, 0.15) is 0 Å². The number of likely N-dealkylation sites (tertiary alicyclic amines) is 1. The average Bonchev–Trinajstić information content (AvgIpc) is 2.39. The van der Waals surface area contributed by atoms with Gasteiger partial charge >= 0.3 is 0 Å². The van der Waals surface area contributed by atoms with E-state index in [-0.39, 0.29) is 23.9 Å². The van der Waals surface area contributed by atoms with Crippen LogP contribution in [0.25, 0.3) is 0 Å². The predicted molar refractivity (Wildman–Crippen MR) is 67.2 cm³/mol. The van der Waals surface area contributed by atoms with E-state index in [1.165, 1.54) is 0 Å². The summed E-state index contributed by atoms with van der Waals surface area (Å²) in [6.45, 7) is 2.21. The van der Waals surface area contributed by atoms with E-state index in [1.54, 1.807) is 12.1 Å². The molecular formula is C13H17N3O2. The lowest BCUT2D eigenvalue weighted by molar-refractivity contribution is -0.132. The van der Waals surface area contributed by atoms with Crippen molar-refractivity contribution in [3.8, 4) is 0 Å². The van der Waals surface area contributed by atoms with Crippen LogP contribution < -0.4 is 11.3 Å². The predicted octanol–water partition coefficient (Wildman–Crippen LogP) is -0.247. The van der Waals surface area contributed by atoms with Gasteiger partial charge in [0.2, 0.25) is 5.91 Å². The zero-order valence-corrected chi connectivity index (χ0v) is 10.2. The highest BCUT2D eigenvalue weighted by atomic mass is 16.2. The van der Waals surface area contributed by atoms with Crippen LogP contribution in [-0.4, -0.2) is 35.0 Å². The lowest BCUT2D eigenvalue weighted by atomic mass is 9.83. The number of piperidine rings is 1. The van der Waals surface area contributed by atoms with Crippen LogP contribution in [0, 0.1) is 5.92 Å². The molecular weight excluding hydrogens is 230 g/mol. The molecule has 0 aromatic carbocycles. The second kappa shape index (κ2) is 4.24. The van der Waals surface area contributed by atoms with Crippen LogP contribution in [-0.2, 0) is 11.3 Å². The van der Waals surface area contributed by atoms with Crippen molar-refractivity contribution in [2.45, 2.75) is 18.9 Å². The Hall–Kier alpha value is -1.62. The molecule has 3 rings (SSSR count). The van der Waals surface area contributed by atoms with Crippen molar-refractivity contribution in [2.75, 3.05) is 19.6 Å². The SMILES string of the molecule is NCC(=O)N1C[C@@H]2C[C@@H](C1)c1cccc(=O)n1C2. The van der Waals surface area contributed by atoms with Crippen molar-refractivity contribution in [2.24, 2.45) is 11.7 Å². The van der Waals surface area contributed by atoms with Crippen LogP contribution in [0.5, 0.6) is 0 Å². The largest absolute Gasteiger partial charge is 0.341 e. The number of carbonyl (C=O) groups excluding carboxylic acids is 1.